The number of rotatable bonds is 9. The number of fused-ring (bicyclic) bond motifs is 1. The number of hydrogen-bond acceptors (Lipinski definition) is 8. The number of benzene rings is 1. The molecule has 6 N–H and O–H groups in total. The largest absolute Gasteiger partial charge is 0.487 e. The van der Waals surface area contributed by atoms with Gasteiger partial charge in [0.15, 0.2) is 0 Å². The Hall–Kier alpha value is -3.16. The van der Waals surface area contributed by atoms with E-state index in [1.165, 1.54) is 18.9 Å². The first-order chi connectivity index (χ1) is 20.7. The number of aliphatic carboxylic acids is 1. The number of allylic oxidation sites excluding steroid dienone is 1. The SMILES string of the molecule is CN(N)/C(=C(\N)COc1ccc(Cl)c2c1C(CN1CC3(CC3)CC1=O)N(C(=O)[C@@H]1[C@H](O)CCC[C@]1(C)C(=O)O)CC2)C(F)F. The minimum Gasteiger partial charge on any atom is -0.487 e. The highest BCUT2D eigenvalue weighted by Gasteiger charge is 2.55. The van der Waals surface area contributed by atoms with Crippen LogP contribution in [0, 0.1) is 16.7 Å². The van der Waals surface area contributed by atoms with Gasteiger partial charge >= 0.3 is 5.97 Å². The van der Waals surface area contributed by atoms with Crippen LogP contribution in [-0.4, -0.2) is 88.6 Å². The minimum atomic E-state index is -2.95. The minimum absolute atomic E-state index is 0.0423. The maximum Gasteiger partial charge on any atom is 0.310 e. The molecule has 1 saturated heterocycles. The molecule has 1 unspecified atom stereocenters. The summed E-state index contributed by atoms with van der Waals surface area (Å²) in [4.78, 5) is 43.2. The molecule has 4 aliphatic rings. The summed E-state index contributed by atoms with van der Waals surface area (Å²) in [5, 5.41) is 22.3. The molecule has 0 bridgehead atoms. The van der Waals surface area contributed by atoms with E-state index in [-0.39, 0.29) is 55.1 Å². The molecule has 0 radical (unpaired) electrons. The number of alkyl halides is 2. The average molecular weight is 640 g/mol. The molecule has 2 aliphatic carbocycles. The molecule has 2 aliphatic heterocycles. The van der Waals surface area contributed by atoms with Gasteiger partial charge in [-0.05, 0) is 68.6 Å². The summed E-state index contributed by atoms with van der Waals surface area (Å²) in [7, 11) is 1.24. The van der Waals surface area contributed by atoms with Crippen LogP contribution in [-0.2, 0) is 20.8 Å². The molecule has 0 aromatic heterocycles. The Balaban J connectivity index is 1.56. The van der Waals surface area contributed by atoms with Gasteiger partial charge in [0.25, 0.3) is 6.43 Å². The Bertz CT molecular complexity index is 1360. The molecule has 44 heavy (non-hydrogen) atoms. The Morgan fingerprint density at radius 2 is 1.98 bits per heavy atom. The molecule has 11 nitrogen and oxygen atoms in total. The van der Waals surface area contributed by atoms with Gasteiger partial charge in [-0.1, -0.05) is 11.6 Å². The number of aliphatic hydroxyl groups is 1. The number of nitrogens with two attached hydrogens (primary N) is 2. The zero-order valence-electron chi connectivity index (χ0n) is 24.9. The number of hydrogen-bond donors (Lipinski definition) is 4. The van der Waals surface area contributed by atoms with Crippen LogP contribution in [0.1, 0.15) is 62.6 Å². The van der Waals surface area contributed by atoms with E-state index in [2.05, 4.69) is 0 Å². The summed E-state index contributed by atoms with van der Waals surface area (Å²) in [5.41, 5.74) is 4.70. The first-order valence-corrected chi connectivity index (χ1v) is 15.3. The third-order valence-electron chi connectivity index (χ3n) is 9.93. The molecule has 1 aromatic rings. The van der Waals surface area contributed by atoms with Crippen molar-refractivity contribution in [1.29, 1.82) is 0 Å². The second kappa shape index (κ2) is 12.0. The Kier molecular flexibility index (Phi) is 8.78. The van der Waals surface area contributed by atoms with Gasteiger partial charge in [-0.25, -0.2) is 14.6 Å². The number of carbonyl (C=O) groups excluding carboxylic acids is 2. The standard InChI is InChI=1S/C30H40ClF2N5O6/c1-29(28(42)43)8-3-4-20(39)24(29)27(41)38-11-7-16-17(31)5-6-21(44-14-18(34)25(26(32)33)36(2)35)23(16)19(38)13-37-15-30(9-10-30)12-22(37)40/h5-6,19-20,24,26,39H,3-4,7-15,34-35H2,1-2H3,(H,42,43)/b25-18-/t19?,20-,24+,29+/m1/s1. The highest BCUT2D eigenvalue weighted by Crippen LogP contribution is 2.54. The third-order valence-corrected chi connectivity index (χ3v) is 10.3. The van der Waals surface area contributed by atoms with Crippen LogP contribution in [0.4, 0.5) is 8.78 Å². The number of hydrazine groups is 1. The molecule has 14 heteroatoms. The predicted octanol–water partition coefficient (Wildman–Crippen LogP) is 2.65. The summed E-state index contributed by atoms with van der Waals surface area (Å²) >= 11 is 6.65. The maximum absolute atomic E-state index is 14.4. The van der Waals surface area contributed by atoms with Crippen LogP contribution >= 0.6 is 11.6 Å². The van der Waals surface area contributed by atoms with Crippen LogP contribution in [0.15, 0.2) is 23.5 Å². The number of carboxylic acid groups (broad SMARTS) is 1. The van der Waals surface area contributed by atoms with Gasteiger partial charge in [0.1, 0.15) is 18.1 Å². The normalized spacial score (nSPS) is 28.2. The first kappa shape index (κ1) is 32.2. The van der Waals surface area contributed by atoms with E-state index in [4.69, 9.17) is 27.9 Å². The van der Waals surface area contributed by atoms with Crippen molar-refractivity contribution >= 4 is 29.4 Å². The van der Waals surface area contributed by atoms with E-state index >= 15 is 0 Å². The monoisotopic (exact) mass is 639 g/mol. The van der Waals surface area contributed by atoms with Crippen LogP contribution in [0.25, 0.3) is 0 Å². The van der Waals surface area contributed by atoms with Crippen molar-refractivity contribution in [2.45, 2.75) is 70.4 Å². The van der Waals surface area contributed by atoms with Gasteiger partial charge in [-0.2, -0.15) is 0 Å². The van der Waals surface area contributed by atoms with Gasteiger partial charge in [-0.3, -0.25) is 14.4 Å². The van der Waals surface area contributed by atoms with E-state index in [1.807, 2.05) is 0 Å². The lowest BCUT2D eigenvalue weighted by molar-refractivity contribution is -0.170. The number of carbonyl (C=O) groups is 3. The molecule has 2 amide bonds. The van der Waals surface area contributed by atoms with Crippen molar-refractivity contribution in [3.63, 3.8) is 0 Å². The highest BCUT2D eigenvalue weighted by molar-refractivity contribution is 6.31. The van der Waals surface area contributed by atoms with Crippen molar-refractivity contribution in [2.24, 2.45) is 28.3 Å². The summed E-state index contributed by atoms with van der Waals surface area (Å²) in [5.74, 6) is 2.86. The zero-order valence-corrected chi connectivity index (χ0v) is 25.7. The fourth-order valence-electron chi connectivity index (χ4n) is 7.26. The number of amides is 2. The summed E-state index contributed by atoms with van der Waals surface area (Å²) in [6.45, 7) is 1.85. The lowest BCUT2D eigenvalue weighted by Gasteiger charge is -2.46. The van der Waals surface area contributed by atoms with Gasteiger partial charge in [0, 0.05) is 43.7 Å². The van der Waals surface area contributed by atoms with Gasteiger partial charge in [0.05, 0.1) is 29.2 Å². The summed E-state index contributed by atoms with van der Waals surface area (Å²) < 4.78 is 33.3. The van der Waals surface area contributed by atoms with Gasteiger partial charge < -0.3 is 35.5 Å². The molecule has 2 saturated carbocycles. The molecular weight excluding hydrogens is 600 g/mol. The van der Waals surface area contributed by atoms with E-state index in [9.17, 15) is 33.4 Å². The van der Waals surface area contributed by atoms with Crippen molar-refractivity contribution in [3.8, 4) is 5.75 Å². The van der Waals surface area contributed by atoms with Crippen LogP contribution < -0.4 is 16.3 Å². The molecule has 242 valence electrons. The first-order valence-electron chi connectivity index (χ1n) is 14.9. The molecule has 2 heterocycles. The molecule has 1 aromatic carbocycles. The molecule has 5 rings (SSSR count). The Labute approximate surface area is 259 Å². The highest BCUT2D eigenvalue weighted by atomic mass is 35.5. The van der Waals surface area contributed by atoms with E-state index in [0.29, 0.717) is 35.5 Å². The van der Waals surface area contributed by atoms with Crippen LogP contribution in [0.5, 0.6) is 5.75 Å². The predicted molar refractivity (Wildman–Crippen MR) is 156 cm³/mol. The van der Waals surface area contributed by atoms with E-state index in [1.54, 1.807) is 17.0 Å². The smallest absolute Gasteiger partial charge is 0.310 e. The fourth-order valence-corrected chi connectivity index (χ4v) is 7.52. The van der Waals surface area contributed by atoms with Crippen molar-refractivity contribution in [1.82, 2.24) is 14.8 Å². The second-order valence-electron chi connectivity index (χ2n) is 13.0. The zero-order chi connectivity index (χ0) is 32.1. The van der Waals surface area contributed by atoms with Crippen LogP contribution in [0.2, 0.25) is 5.02 Å². The number of aliphatic hydroxyl groups excluding tert-OH is 1. The molecule has 4 atom stereocenters. The average Bonchev–Trinajstić information content (AvgIpc) is 3.62. The Morgan fingerprint density at radius 1 is 1.27 bits per heavy atom. The lowest BCUT2D eigenvalue weighted by Crippen LogP contribution is -2.56. The summed E-state index contributed by atoms with van der Waals surface area (Å²) in [6, 6.07) is 2.37. The fraction of sp³-hybridized carbons (Fsp3) is 0.633. The molecule has 1 spiro atoms. The quantitative estimate of drug-likeness (QED) is 0.235. The van der Waals surface area contributed by atoms with Crippen LogP contribution in [0.3, 0.4) is 0 Å². The number of carboxylic acids is 1. The topological polar surface area (TPSA) is 163 Å². The lowest BCUT2D eigenvalue weighted by atomic mass is 9.65. The summed E-state index contributed by atoms with van der Waals surface area (Å²) in [6.07, 6.45) is -0.540. The van der Waals surface area contributed by atoms with E-state index in [0.717, 1.165) is 17.9 Å². The van der Waals surface area contributed by atoms with Crippen molar-refractivity contribution in [3.05, 3.63) is 39.7 Å². The van der Waals surface area contributed by atoms with Gasteiger partial charge in [0.2, 0.25) is 11.8 Å². The maximum atomic E-state index is 14.4. The Morgan fingerprint density at radius 3 is 2.57 bits per heavy atom. The second-order valence-corrected chi connectivity index (χ2v) is 13.4. The third kappa shape index (κ3) is 5.81. The van der Waals surface area contributed by atoms with Gasteiger partial charge in [-0.15, -0.1) is 0 Å². The van der Waals surface area contributed by atoms with Crippen molar-refractivity contribution in [2.75, 3.05) is 33.3 Å². The number of ether oxygens (including phenoxy) is 1. The molecule has 3 fully saturated rings. The molecular formula is C30H40ClF2N5O6. The van der Waals surface area contributed by atoms with E-state index < -0.39 is 54.1 Å². The number of likely N-dealkylation sites (tertiary alicyclic amines) is 1. The number of nitrogens with zero attached hydrogens (tertiary/aromatic N) is 3. The number of halogens is 3. The van der Waals surface area contributed by atoms with Crippen molar-refractivity contribution < 1.29 is 38.1 Å².